The Morgan fingerprint density at radius 2 is 2.06 bits per heavy atom. The number of aryl methyl sites for hydroxylation is 2. The second kappa shape index (κ2) is 4.28. The number of nitrogen functional groups attached to an aromatic ring is 1. The van der Waals surface area contributed by atoms with Crippen molar-refractivity contribution in [2.24, 2.45) is 5.92 Å². The van der Waals surface area contributed by atoms with Gasteiger partial charge in [-0.15, -0.1) is 0 Å². The smallest absolute Gasteiger partial charge is 0.225 e. The van der Waals surface area contributed by atoms with E-state index < -0.39 is 0 Å². The van der Waals surface area contributed by atoms with Crippen LogP contribution in [0.1, 0.15) is 30.9 Å². The SMILES string of the molecule is Cc1cc(-c2noc(N)c2CC(C)C)c(C)o1. The maximum Gasteiger partial charge on any atom is 0.225 e. The Morgan fingerprint density at radius 1 is 1.35 bits per heavy atom. The highest BCUT2D eigenvalue weighted by molar-refractivity contribution is 5.69. The van der Waals surface area contributed by atoms with Gasteiger partial charge in [0.05, 0.1) is 0 Å². The molecule has 17 heavy (non-hydrogen) atoms. The Bertz CT molecular complexity index is 524. The lowest BCUT2D eigenvalue weighted by Crippen LogP contribution is -1.98. The zero-order valence-electron chi connectivity index (χ0n) is 10.7. The molecule has 2 heterocycles. The Hall–Kier alpha value is -1.71. The van der Waals surface area contributed by atoms with Gasteiger partial charge >= 0.3 is 0 Å². The molecular weight excluding hydrogens is 216 g/mol. The highest BCUT2D eigenvalue weighted by atomic mass is 16.5. The molecular formula is C13H18N2O2. The molecule has 0 aliphatic rings. The van der Waals surface area contributed by atoms with E-state index >= 15 is 0 Å². The summed E-state index contributed by atoms with van der Waals surface area (Å²) in [4.78, 5) is 0. The van der Waals surface area contributed by atoms with Gasteiger partial charge in [0, 0.05) is 11.1 Å². The van der Waals surface area contributed by atoms with Gasteiger partial charge in [0.15, 0.2) is 0 Å². The number of hydrogen-bond acceptors (Lipinski definition) is 4. The first kappa shape index (κ1) is 11.8. The fourth-order valence-corrected chi connectivity index (χ4v) is 2.00. The highest BCUT2D eigenvalue weighted by Gasteiger charge is 2.19. The standard InChI is InChI=1S/C13H18N2O2/c1-7(2)5-11-12(15-17-13(11)14)10-6-8(3)16-9(10)4/h6-7H,5,14H2,1-4H3. The van der Waals surface area contributed by atoms with Gasteiger partial charge in [-0.1, -0.05) is 19.0 Å². The molecule has 0 aliphatic heterocycles. The van der Waals surface area contributed by atoms with E-state index in [1.165, 1.54) is 0 Å². The maximum atomic E-state index is 5.82. The average Bonchev–Trinajstić information content (AvgIpc) is 2.71. The number of anilines is 1. The van der Waals surface area contributed by atoms with Crippen LogP contribution in [0.15, 0.2) is 15.0 Å². The summed E-state index contributed by atoms with van der Waals surface area (Å²) in [5, 5.41) is 4.05. The van der Waals surface area contributed by atoms with Crippen LogP contribution in [0.3, 0.4) is 0 Å². The lowest BCUT2D eigenvalue weighted by atomic mass is 9.99. The van der Waals surface area contributed by atoms with Crippen molar-refractivity contribution in [3.05, 3.63) is 23.2 Å². The van der Waals surface area contributed by atoms with Gasteiger partial charge in [-0.05, 0) is 32.3 Å². The molecule has 0 saturated heterocycles. The average molecular weight is 234 g/mol. The Balaban J connectivity index is 2.48. The fraction of sp³-hybridized carbons (Fsp3) is 0.462. The molecule has 2 aromatic heterocycles. The van der Waals surface area contributed by atoms with Crippen molar-refractivity contribution in [3.8, 4) is 11.3 Å². The monoisotopic (exact) mass is 234 g/mol. The highest BCUT2D eigenvalue weighted by Crippen LogP contribution is 2.32. The molecule has 2 rings (SSSR count). The second-order valence-corrected chi connectivity index (χ2v) is 4.80. The summed E-state index contributed by atoms with van der Waals surface area (Å²) in [6.45, 7) is 8.13. The molecule has 4 heteroatoms. The van der Waals surface area contributed by atoms with Crippen LogP contribution in [0.5, 0.6) is 0 Å². The first-order valence-corrected chi connectivity index (χ1v) is 5.80. The van der Waals surface area contributed by atoms with Crippen molar-refractivity contribution in [2.75, 3.05) is 5.73 Å². The van der Waals surface area contributed by atoms with E-state index in [1.54, 1.807) is 0 Å². The molecule has 0 unspecified atom stereocenters. The van der Waals surface area contributed by atoms with E-state index in [0.717, 1.165) is 34.8 Å². The van der Waals surface area contributed by atoms with E-state index in [9.17, 15) is 0 Å². The number of hydrogen-bond donors (Lipinski definition) is 1. The van der Waals surface area contributed by atoms with Crippen molar-refractivity contribution in [2.45, 2.75) is 34.1 Å². The van der Waals surface area contributed by atoms with Gasteiger partial charge in [0.2, 0.25) is 5.88 Å². The van der Waals surface area contributed by atoms with E-state index in [0.29, 0.717) is 11.8 Å². The van der Waals surface area contributed by atoms with Gasteiger partial charge in [-0.25, -0.2) is 0 Å². The molecule has 0 radical (unpaired) electrons. The minimum absolute atomic E-state index is 0.409. The molecule has 0 amide bonds. The van der Waals surface area contributed by atoms with Crippen molar-refractivity contribution in [1.82, 2.24) is 5.16 Å². The normalized spacial score (nSPS) is 11.4. The minimum atomic E-state index is 0.409. The topological polar surface area (TPSA) is 65.2 Å². The summed E-state index contributed by atoms with van der Waals surface area (Å²) in [6, 6.07) is 1.97. The fourth-order valence-electron chi connectivity index (χ4n) is 2.00. The number of nitrogens with zero attached hydrogens (tertiary/aromatic N) is 1. The molecule has 2 aromatic rings. The lowest BCUT2D eigenvalue weighted by Gasteiger charge is -2.04. The van der Waals surface area contributed by atoms with Crippen LogP contribution in [0.2, 0.25) is 0 Å². The number of aromatic nitrogens is 1. The Kier molecular flexibility index (Phi) is 2.96. The molecule has 92 valence electrons. The number of furan rings is 1. The van der Waals surface area contributed by atoms with Crippen LogP contribution < -0.4 is 5.73 Å². The predicted octanol–water partition coefficient (Wildman–Crippen LogP) is 3.33. The van der Waals surface area contributed by atoms with Crippen molar-refractivity contribution in [1.29, 1.82) is 0 Å². The van der Waals surface area contributed by atoms with Crippen LogP contribution in [-0.2, 0) is 6.42 Å². The van der Waals surface area contributed by atoms with Gasteiger partial charge in [0.25, 0.3) is 0 Å². The summed E-state index contributed by atoms with van der Waals surface area (Å²) in [5.41, 5.74) is 8.58. The summed E-state index contributed by atoms with van der Waals surface area (Å²) in [7, 11) is 0. The van der Waals surface area contributed by atoms with Crippen molar-refractivity contribution in [3.63, 3.8) is 0 Å². The quantitative estimate of drug-likeness (QED) is 0.884. The molecule has 4 nitrogen and oxygen atoms in total. The van der Waals surface area contributed by atoms with Crippen LogP contribution in [0, 0.1) is 19.8 Å². The van der Waals surface area contributed by atoms with Gasteiger partial charge in [-0.3, -0.25) is 0 Å². The second-order valence-electron chi connectivity index (χ2n) is 4.80. The van der Waals surface area contributed by atoms with Crippen molar-refractivity contribution < 1.29 is 8.94 Å². The Morgan fingerprint density at radius 3 is 2.59 bits per heavy atom. The predicted molar refractivity (Wildman–Crippen MR) is 66.6 cm³/mol. The molecule has 0 aromatic carbocycles. The molecule has 2 N–H and O–H groups in total. The van der Waals surface area contributed by atoms with Gasteiger partial charge in [0.1, 0.15) is 17.2 Å². The van der Waals surface area contributed by atoms with Crippen LogP contribution in [0.4, 0.5) is 5.88 Å². The summed E-state index contributed by atoms with van der Waals surface area (Å²) >= 11 is 0. The minimum Gasteiger partial charge on any atom is -0.466 e. The molecule has 0 spiro atoms. The maximum absolute atomic E-state index is 5.82. The third-order valence-electron chi connectivity index (χ3n) is 2.73. The van der Waals surface area contributed by atoms with E-state index in [4.69, 9.17) is 14.7 Å². The van der Waals surface area contributed by atoms with Crippen LogP contribution >= 0.6 is 0 Å². The molecule has 0 atom stereocenters. The first-order chi connectivity index (χ1) is 7.99. The third kappa shape index (κ3) is 2.20. The van der Waals surface area contributed by atoms with E-state index in [-0.39, 0.29) is 0 Å². The lowest BCUT2D eigenvalue weighted by molar-refractivity contribution is 0.437. The zero-order chi connectivity index (χ0) is 12.6. The van der Waals surface area contributed by atoms with Crippen molar-refractivity contribution >= 4 is 5.88 Å². The van der Waals surface area contributed by atoms with Gasteiger partial charge < -0.3 is 14.7 Å². The number of rotatable bonds is 3. The molecule has 0 saturated carbocycles. The van der Waals surface area contributed by atoms with Crippen LogP contribution in [-0.4, -0.2) is 5.16 Å². The third-order valence-corrected chi connectivity index (χ3v) is 2.73. The zero-order valence-corrected chi connectivity index (χ0v) is 10.7. The molecule has 0 aliphatic carbocycles. The first-order valence-electron chi connectivity index (χ1n) is 5.80. The van der Waals surface area contributed by atoms with Gasteiger partial charge in [-0.2, -0.15) is 0 Å². The summed E-state index contributed by atoms with van der Waals surface area (Å²) < 4.78 is 10.6. The molecule has 0 fully saturated rings. The summed E-state index contributed by atoms with van der Waals surface area (Å²) in [6.07, 6.45) is 0.855. The summed E-state index contributed by atoms with van der Waals surface area (Å²) in [5.74, 6) is 2.63. The Labute approximate surface area is 101 Å². The van der Waals surface area contributed by atoms with E-state index in [1.807, 2.05) is 19.9 Å². The van der Waals surface area contributed by atoms with E-state index in [2.05, 4.69) is 19.0 Å². The molecule has 0 bridgehead atoms. The largest absolute Gasteiger partial charge is 0.466 e. The number of nitrogens with two attached hydrogens (primary N) is 1. The van der Waals surface area contributed by atoms with Crippen LogP contribution in [0.25, 0.3) is 11.3 Å².